The van der Waals surface area contributed by atoms with Crippen LogP contribution in [0.25, 0.3) is 0 Å². The lowest BCUT2D eigenvalue weighted by Crippen LogP contribution is -2.49. The Balaban J connectivity index is 1.83. The maximum Gasteiger partial charge on any atom is 0.312 e. The van der Waals surface area contributed by atoms with Crippen molar-refractivity contribution in [2.24, 2.45) is 5.41 Å². The normalized spacial score (nSPS) is 29.4. The van der Waals surface area contributed by atoms with Gasteiger partial charge in [0.15, 0.2) is 0 Å². The van der Waals surface area contributed by atoms with Gasteiger partial charge in [-0.05, 0) is 76.4 Å². The second kappa shape index (κ2) is 12.6. The first-order chi connectivity index (χ1) is 16.7. The van der Waals surface area contributed by atoms with Crippen LogP contribution in [0.15, 0.2) is 36.0 Å². The summed E-state index contributed by atoms with van der Waals surface area (Å²) in [5, 5.41) is 0. The quantitative estimate of drug-likeness (QED) is 0.0941. The standard InChI is InChI=1S/C31H54O4Si/c1-12-31(11)28(35-31)17-16-25(8)14-13-15-26(9)18-19-30(10)20-27(34-29(30)32)21-33-36(22(2)3,23(4)5)24(6)7/h12,14,18,22-24,27-28H,1,13,15-17,19-21H2,2-11H3/b25-14+,26-18+/t27-,28+,30+,31+/m1/s1. The maximum atomic E-state index is 12.8. The number of hydrogen-bond acceptors (Lipinski definition) is 4. The van der Waals surface area contributed by atoms with Gasteiger partial charge in [-0.1, -0.05) is 70.9 Å². The van der Waals surface area contributed by atoms with Crippen molar-refractivity contribution in [3.63, 3.8) is 0 Å². The third-order valence-electron chi connectivity index (χ3n) is 8.79. The van der Waals surface area contributed by atoms with Crippen LogP contribution in [0, 0.1) is 5.41 Å². The van der Waals surface area contributed by atoms with E-state index in [9.17, 15) is 4.79 Å². The van der Waals surface area contributed by atoms with E-state index in [0.717, 1.165) is 38.5 Å². The highest BCUT2D eigenvalue weighted by Gasteiger charge is 2.49. The Hall–Kier alpha value is -1.17. The summed E-state index contributed by atoms with van der Waals surface area (Å²) in [5.41, 5.74) is 3.77. The van der Waals surface area contributed by atoms with Crippen molar-refractivity contribution in [2.75, 3.05) is 6.61 Å². The molecule has 0 N–H and O–H groups in total. The molecule has 0 saturated carbocycles. The van der Waals surface area contributed by atoms with Gasteiger partial charge in [0.2, 0.25) is 8.32 Å². The molecule has 2 heterocycles. The summed E-state index contributed by atoms with van der Waals surface area (Å²) in [6.07, 6.45) is 12.3. The molecule has 2 saturated heterocycles. The molecule has 0 unspecified atom stereocenters. The number of carbonyl (C=O) groups excluding carboxylic acids is 1. The molecule has 0 aromatic heterocycles. The first-order valence-electron chi connectivity index (χ1n) is 14.2. The number of allylic oxidation sites excluding steroid dienone is 4. The third-order valence-corrected chi connectivity index (χ3v) is 14.9. The summed E-state index contributed by atoms with van der Waals surface area (Å²) < 4.78 is 18.3. The van der Waals surface area contributed by atoms with Gasteiger partial charge in [-0.3, -0.25) is 4.79 Å². The fraction of sp³-hybridized carbons (Fsp3) is 0.774. The van der Waals surface area contributed by atoms with Gasteiger partial charge in [0, 0.05) is 6.42 Å². The molecule has 2 rings (SSSR count). The van der Waals surface area contributed by atoms with Gasteiger partial charge in [-0.25, -0.2) is 0 Å². The van der Waals surface area contributed by atoms with E-state index in [1.54, 1.807) is 0 Å². The second-order valence-corrected chi connectivity index (χ2v) is 18.3. The minimum atomic E-state index is -1.96. The zero-order valence-electron chi connectivity index (χ0n) is 24.9. The van der Waals surface area contributed by atoms with Crippen molar-refractivity contribution in [3.8, 4) is 0 Å². The molecule has 0 spiro atoms. The topological polar surface area (TPSA) is 48.1 Å². The molecular formula is C31H54O4Si. The van der Waals surface area contributed by atoms with Gasteiger partial charge < -0.3 is 13.9 Å². The first-order valence-corrected chi connectivity index (χ1v) is 16.3. The number of epoxide rings is 1. The molecule has 2 aliphatic rings. The molecule has 0 amide bonds. The van der Waals surface area contributed by atoms with Crippen LogP contribution in [-0.2, 0) is 18.7 Å². The van der Waals surface area contributed by atoms with Gasteiger partial charge >= 0.3 is 5.97 Å². The Bertz CT molecular complexity index is 805. The van der Waals surface area contributed by atoms with E-state index in [1.807, 2.05) is 6.08 Å². The number of carbonyl (C=O) groups is 1. The first kappa shape index (κ1) is 31.0. The Labute approximate surface area is 223 Å². The van der Waals surface area contributed by atoms with E-state index in [-0.39, 0.29) is 17.7 Å². The lowest BCUT2D eigenvalue weighted by Gasteiger charge is -2.42. The molecule has 2 fully saturated rings. The number of cyclic esters (lactones) is 1. The van der Waals surface area contributed by atoms with Gasteiger partial charge in [-0.15, -0.1) is 6.58 Å². The van der Waals surface area contributed by atoms with Crippen molar-refractivity contribution in [2.45, 2.75) is 142 Å². The smallest absolute Gasteiger partial charge is 0.312 e. The molecule has 36 heavy (non-hydrogen) atoms. The number of hydrogen-bond donors (Lipinski definition) is 0. The van der Waals surface area contributed by atoms with Crippen LogP contribution in [0.4, 0.5) is 0 Å². The lowest BCUT2D eigenvalue weighted by atomic mass is 9.83. The van der Waals surface area contributed by atoms with Gasteiger partial charge in [0.05, 0.1) is 18.1 Å². The van der Waals surface area contributed by atoms with E-state index in [1.165, 1.54) is 11.1 Å². The monoisotopic (exact) mass is 518 g/mol. The van der Waals surface area contributed by atoms with Crippen LogP contribution < -0.4 is 0 Å². The van der Waals surface area contributed by atoms with Crippen LogP contribution in [0.3, 0.4) is 0 Å². The summed E-state index contributed by atoms with van der Waals surface area (Å²) in [6, 6.07) is 0. The minimum Gasteiger partial charge on any atom is -0.460 e. The van der Waals surface area contributed by atoms with Gasteiger partial charge in [0.25, 0.3) is 0 Å². The third kappa shape index (κ3) is 7.45. The Morgan fingerprint density at radius 3 is 2.17 bits per heavy atom. The van der Waals surface area contributed by atoms with Crippen LogP contribution in [0.5, 0.6) is 0 Å². The van der Waals surface area contributed by atoms with Crippen LogP contribution in [0.2, 0.25) is 16.6 Å². The molecule has 5 heteroatoms. The molecule has 4 atom stereocenters. The zero-order chi connectivity index (χ0) is 27.3. The average Bonchev–Trinajstić information content (AvgIpc) is 3.36. The zero-order valence-corrected chi connectivity index (χ0v) is 25.9. The fourth-order valence-electron chi connectivity index (χ4n) is 6.22. The Kier molecular flexibility index (Phi) is 10.9. The summed E-state index contributed by atoms with van der Waals surface area (Å²) in [7, 11) is -1.96. The van der Waals surface area contributed by atoms with E-state index >= 15 is 0 Å². The molecule has 0 bridgehead atoms. The van der Waals surface area contributed by atoms with Crippen molar-refractivity contribution in [1.29, 1.82) is 0 Å². The average molecular weight is 519 g/mol. The minimum absolute atomic E-state index is 0.0735. The van der Waals surface area contributed by atoms with E-state index in [4.69, 9.17) is 13.9 Å². The van der Waals surface area contributed by atoms with E-state index in [0.29, 0.717) is 29.3 Å². The van der Waals surface area contributed by atoms with E-state index in [2.05, 4.69) is 88.0 Å². The summed E-state index contributed by atoms with van der Waals surface area (Å²) in [5.74, 6) is -0.0735. The van der Waals surface area contributed by atoms with Crippen molar-refractivity contribution >= 4 is 14.3 Å². The highest BCUT2D eigenvalue weighted by atomic mass is 28.4. The maximum absolute atomic E-state index is 12.8. The van der Waals surface area contributed by atoms with E-state index < -0.39 is 13.7 Å². The molecule has 206 valence electrons. The summed E-state index contributed by atoms with van der Waals surface area (Å²) in [4.78, 5) is 12.8. The molecule has 0 radical (unpaired) electrons. The highest BCUT2D eigenvalue weighted by Crippen LogP contribution is 2.44. The van der Waals surface area contributed by atoms with Crippen molar-refractivity contribution < 1.29 is 18.7 Å². The van der Waals surface area contributed by atoms with Gasteiger partial charge in [-0.2, -0.15) is 0 Å². The molecule has 0 aliphatic carbocycles. The second-order valence-electron chi connectivity index (χ2n) is 12.8. The van der Waals surface area contributed by atoms with Crippen molar-refractivity contribution in [3.05, 3.63) is 36.0 Å². The molecule has 4 nitrogen and oxygen atoms in total. The predicted octanol–water partition coefficient (Wildman–Crippen LogP) is 8.69. The highest BCUT2D eigenvalue weighted by molar-refractivity contribution is 6.77. The SMILES string of the molecule is C=C[C@]1(C)O[C@H]1CC/C(C)=C/CC/C(C)=C/C[C@@]1(C)C[C@H](CO[Si](C(C)C)(C(C)C)C(C)C)OC1=O. The molecule has 0 aromatic rings. The molecule has 0 aromatic carbocycles. The summed E-state index contributed by atoms with van der Waals surface area (Å²) in [6.45, 7) is 26.7. The largest absolute Gasteiger partial charge is 0.460 e. The summed E-state index contributed by atoms with van der Waals surface area (Å²) >= 11 is 0. The lowest BCUT2D eigenvalue weighted by molar-refractivity contribution is -0.148. The molecule has 2 aliphatic heterocycles. The number of esters is 1. The van der Waals surface area contributed by atoms with Crippen LogP contribution in [-0.4, -0.2) is 38.7 Å². The van der Waals surface area contributed by atoms with Crippen molar-refractivity contribution in [1.82, 2.24) is 0 Å². The number of ether oxygens (including phenoxy) is 2. The Morgan fingerprint density at radius 2 is 1.64 bits per heavy atom. The fourth-order valence-corrected chi connectivity index (χ4v) is 11.7. The number of rotatable bonds is 15. The van der Waals surface area contributed by atoms with Gasteiger partial charge in [0.1, 0.15) is 11.7 Å². The van der Waals surface area contributed by atoms with Crippen LogP contribution in [0.1, 0.15) is 108 Å². The Morgan fingerprint density at radius 1 is 1.06 bits per heavy atom. The molecular weight excluding hydrogens is 464 g/mol. The van der Waals surface area contributed by atoms with Crippen LogP contribution >= 0.6 is 0 Å². The predicted molar refractivity (Wildman–Crippen MR) is 154 cm³/mol.